The summed E-state index contributed by atoms with van der Waals surface area (Å²) in [5.41, 5.74) is 5.24. The topological polar surface area (TPSA) is 55.8 Å². The molecule has 0 aliphatic carbocycles. The molecule has 0 radical (unpaired) electrons. The molecule has 4 nitrogen and oxygen atoms in total. The summed E-state index contributed by atoms with van der Waals surface area (Å²) >= 11 is 0. The van der Waals surface area contributed by atoms with Gasteiger partial charge in [-0.3, -0.25) is 0 Å². The molecule has 1 aliphatic rings. The second-order valence-electron chi connectivity index (χ2n) is 6.46. The van der Waals surface area contributed by atoms with Gasteiger partial charge in [0.05, 0.1) is 25.4 Å². The minimum Gasteiger partial charge on any atom is -0.493 e. The average molecular weight is 326 g/mol. The van der Waals surface area contributed by atoms with Crippen LogP contribution >= 0.6 is 0 Å². The van der Waals surface area contributed by atoms with Gasteiger partial charge in [-0.25, -0.2) is 4.79 Å². The van der Waals surface area contributed by atoms with Crippen LogP contribution < -0.4 is 4.74 Å². The average Bonchev–Trinajstić information content (AvgIpc) is 2.57. The molecule has 0 amide bonds. The third-order valence-corrected chi connectivity index (χ3v) is 4.62. The number of benzene rings is 2. The number of rotatable bonds is 2. The molecule has 24 heavy (non-hydrogen) atoms. The SMILES string of the molecule is COC(=O)c1cc(C)cc(-c2ccc3c(c2C)C(O)[C@@H](C)CO3)c1. The highest BCUT2D eigenvalue weighted by Crippen LogP contribution is 2.41. The Balaban J connectivity index is 2.14. The summed E-state index contributed by atoms with van der Waals surface area (Å²) < 4.78 is 10.6. The normalized spacial score (nSPS) is 19.4. The van der Waals surface area contributed by atoms with Crippen LogP contribution in [0.2, 0.25) is 0 Å². The Morgan fingerprint density at radius 1 is 1.25 bits per heavy atom. The van der Waals surface area contributed by atoms with E-state index >= 15 is 0 Å². The Kier molecular flexibility index (Phi) is 4.33. The molecule has 2 aromatic carbocycles. The molecule has 1 N–H and O–H groups in total. The predicted molar refractivity (Wildman–Crippen MR) is 92.3 cm³/mol. The second kappa shape index (κ2) is 6.29. The number of esters is 1. The van der Waals surface area contributed by atoms with Gasteiger partial charge in [-0.2, -0.15) is 0 Å². The first-order chi connectivity index (χ1) is 11.4. The van der Waals surface area contributed by atoms with E-state index in [-0.39, 0.29) is 11.9 Å². The maximum atomic E-state index is 11.9. The van der Waals surface area contributed by atoms with Gasteiger partial charge in [-0.15, -0.1) is 0 Å². The summed E-state index contributed by atoms with van der Waals surface area (Å²) in [7, 11) is 1.38. The fraction of sp³-hybridized carbons (Fsp3) is 0.350. The molecule has 2 atom stereocenters. The molecule has 0 aromatic heterocycles. The second-order valence-corrected chi connectivity index (χ2v) is 6.46. The maximum absolute atomic E-state index is 11.9. The Hall–Kier alpha value is -2.33. The summed E-state index contributed by atoms with van der Waals surface area (Å²) in [5.74, 6) is 0.435. The van der Waals surface area contributed by atoms with Crippen molar-refractivity contribution in [1.29, 1.82) is 0 Å². The van der Waals surface area contributed by atoms with E-state index in [1.807, 2.05) is 51.1 Å². The van der Waals surface area contributed by atoms with Gasteiger partial charge >= 0.3 is 5.97 Å². The van der Waals surface area contributed by atoms with Crippen LogP contribution in [0.1, 0.15) is 40.1 Å². The zero-order valence-corrected chi connectivity index (χ0v) is 14.4. The lowest BCUT2D eigenvalue weighted by Crippen LogP contribution is -2.24. The van der Waals surface area contributed by atoms with Crippen molar-refractivity contribution in [2.45, 2.75) is 26.9 Å². The summed E-state index contributed by atoms with van der Waals surface area (Å²) in [6.45, 7) is 6.42. The highest BCUT2D eigenvalue weighted by Gasteiger charge is 2.28. The first-order valence-electron chi connectivity index (χ1n) is 8.07. The van der Waals surface area contributed by atoms with Crippen LogP contribution in [0.4, 0.5) is 0 Å². The molecular formula is C20H22O4. The number of hydrogen-bond donors (Lipinski definition) is 1. The maximum Gasteiger partial charge on any atom is 0.337 e. The highest BCUT2D eigenvalue weighted by atomic mass is 16.5. The van der Waals surface area contributed by atoms with Gasteiger partial charge in [-0.1, -0.05) is 19.1 Å². The first kappa shape index (κ1) is 16.5. The van der Waals surface area contributed by atoms with Crippen LogP contribution in [0.5, 0.6) is 5.75 Å². The number of aryl methyl sites for hydroxylation is 1. The fourth-order valence-electron chi connectivity index (χ4n) is 3.28. The van der Waals surface area contributed by atoms with Gasteiger partial charge in [0.1, 0.15) is 5.75 Å². The number of aliphatic hydroxyl groups is 1. The van der Waals surface area contributed by atoms with E-state index in [1.54, 1.807) is 0 Å². The van der Waals surface area contributed by atoms with E-state index in [9.17, 15) is 9.90 Å². The van der Waals surface area contributed by atoms with Crippen LogP contribution in [0, 0.1) is 19.8 Å². The minimum atomic E-state index is -0.543. The van der Waals surface area contributed by atoms with Crippen LogP contribution in [-0.2, 0) is 4.74 Å². The highest BCUT2D eigenvalue weighted by molar-refractivity contribution is 5.91. The zero-order chi connectivity index (χ0) is 17.4. The van der Waals surface area contributed by atoms with Crippen molar-refractivity contribution in [1.82, 2.24) is 0 Å². The van der Waals surface area contributed by atoms with Gasteiger partial charge in [0.2, 0.25) is 0 Å². The monoisotopic (exact) mass is 326 g/mol. The van der Waals surface area contributed by atoms with E-state index in [0.717, 1.165) is 33.6 Å². The molecule has 2 aromatic rings. The lowest BCUT2D eigenvalue weighted by Gasteiger charge is -2.30. The number of hydrogen-bond acceptors (Lipinski definition) is 4. The van der Waals surface area contributed by atoms with E-state index in [1.165, 1.54) is 7.11 Å². The summed E-state index contributed by atoms with van der Waals surface area (Å²) in [5, 5.41) is 10.6. The van der Waals surface area contributed by atoms with E-state index in [0.29, 0.717) is 12.2 Å². The Bertz CT molecular complexity index is 794. The van der Waals surface area contributed by atoms with Gasteiger partial charge in [0.25, 0.3) is 0 Å². The lowest BCUT2D eigenvalue weighted by atomic mass is 9.87. The third-order valence-electron chi connectivity index (χ3n) is 4.62. The van der Waals surface area contributed by atoms with Crippen LogP contribution in [0.15, 0.2) is 30.3 Å². The molecule has 126 valence electrons. The van der Waals surface area contributed by atoms with Crippen molar-refractivity contribution in [2.24, 2.45) is 5.92 Å². The van der Waals surface area contributed by atoms with Gasteiger partial charge in [-0.05, 0) is 54.3 Å². The number of ether oxygens (including phenoxy) is 2. The Morgan fingerprint density at radius 3 is 2.71 bits per heavy atom. The quantitative estimate of drug-likeness (QED) is 0.853. The van der Waals surface area contributed by atoms with Gasteiger partial charge in [0, 0.05) is 11.5 Å². The minimum absolute atomic E-state index is 0.0505. The molecule has 0 bridgehead atoms. The largest absolute Gasteiger partial charge is 0.493 e. The summed E-state index contributed by atoms with van der Waals surface area (Å²) in [6.07, 6.45) is -0.543. The van der Waals surface area contributed by atoms with Crippen molar-refractivity contribution in [2.75, 3.05) is 13.7 Å². The third kappa shape index (κ3) is 2.78. The fourth-order valence-corrected chi connectivity index (χ4v) is 3.28. The molecule has 0 fully saturated rings. The number of carbonyl (C=O) groups is 1. The molecule has 3 rings (SSSR count). The summed E-state index contributed by atoms with van der Waals surface area (Å²) in [4.78, 5) is 11.9. The Labute approximate surface area is 142 Å². The van der Waals surface area contributed by atoms with Crippen molar-refractivity contribution in [3.05, 3.63) is 52.6 Å². The molecule has 1 unspecified atom stereocenters. The smallest absolute Gasteiger partial charge is 0.337 e. The molecule has 0 saturated carbocycles. The van der Waals surface area contributed by atoms with Gasteiger partial charge in [0.15, 0.2) is 0 Å². The lowest BCUT2D eigenvalue weighted by molar-refractivity contribution is 0.0594. The standard InChI is InChI=1S/C20H22O4/c1-11-7-14(9-15(8-11)20(22)23-4)16-5-6-17-18(13(16)3)19(21)12(2)10-24-17/h5-9,12,19,21H,10H2,1-4H3/t12-,19?/m0/s1. The van der Waals surface area contributed by atoms with E-state index in [2.05, 4.69) is 0 Å². The molecule has 0 spiro atoms. The number of fused-ring (bicyclic) bond motifs is 1. The van der Waals surface area contributed by atoms with Crippen molar-refractivity contribution >= 4 is 5.97 Å². The van der Waals surface area contributed by atoms with Crippen molar-refractivity contribution in [3.63, 3.8) is 0 Å². The van der Waals surface area contributed by atoms with Crippen molar-refractivity contribution < 1.29 is 19.4 Å². The van der Waals surface area contributed by atoms with Crippen LogP contribution in [0.25, 0.3) is 11.1 Å². The number of aliphatic hydroxyl groups excluding tert-OH is 1. The molecule has 1 aliphatic heterocycles. The van der Waals surface area contributed by atoms with Crippen LogP contribution in [-0.4, -0.2) is 24.8 Å². The Morgan fingerprint density at radius 2 is 2.00 bits per heavy atom. The van der Waals surface area contributed by atoms with Crippen molar-refractivity contribution in [3.8, 4) is 16.9 Å². The zero-order valence-electron chi connectivity index (χ0n) is 14.4. The predicted octanol–water partition coefficient (Wildman–Crippen LogP) is 3.82. The molecular weight excluding hydrogens is 304 g/mol. The number of carbonyl (C=O) groups excluding carboxylic acids is 1. The summed E-state index contributed by atoms with van der Waals surface area (Å²) in [6, 6.07) is 9.54. The molecule has 0 saturated heterocycles. The van der Waals surface area contributed by atoms with Gasteiger partial charge < -0.3 is 14.6 Å². The molecule has 1 heterocycles. The van der Waals surface area contributed by atoms with E-state index in [4.69, 9.17) is 9.47 Å². The molecule has 4 heteroatoms. The number of methoxy groups -OCH3 is 1. The van der Waals surface area contributed by atoms with E-state index < -0.39 is 6.10 Å². The first-order valence-corrected chi connectivity index (χ1v) is 8.07. The van der Waals surface area contributed by atoms with Crippen LogP contribution in [0.3, 0.4) is 0 Å².